The molecular formula is C21H26N2O4. The molecule has 1 aromatic heterocycles. The number of piperidine rings is 1. The first-order valence-corrected chi connectivity index (χ1v) is 9.72. The summed E-state index contributed by atoms with van der Waals surface area (Å²) in [6.07, 6.45) is 6.48. The molecule has 1 aromatic carbocycles. The maximum Gasteiger partial charge on any atom is 0.257 e. The van der Waals surface area contributed by atoms with E-state index in [1.165, 1.54) is 12.5 Å². The van der Waals surface area contributed by atoms with Gasteiger partial charge in [0.1, 0.15) is 6.26 Å². The van der Waals surface area contributed by atoms with Gasteiger partial charge in [-0.15, -0.1) is 0 Å². The number of rotatable bonds is 5. The molecule has 0 aliphatic carbocycles. The number of hydrogen-bond donors (Lipinski definition) is 1. The van der Waals surface area contributed by atoms with E-state index in [1.807, 2.05) is 23.1 Å². The topological polar surface area (TPSA) is 63.9 Å². The molecule has 0 radical (unpaired) electrons. The molecule has 0 spiro atoms. The van der Waals surface area contributed by atoms with Gasteiger partial charge in [0.2, 0.25) is 0 Å². The number of anilines is 1. The Labute approximate surface area is 159 Å². The highest BCUT2D eigenvalue weighted by atomic mass is 16.7. The Morgan fingerprint density at radius 1 is 1.15 bits per heavy atom. The van der Waals surface area contributed by atoms with Crippen molar-refractivity contribution in [2.45, 2.75) is 51.4 Å². The quantitative estimate of drug-likeness (QED) is 0.851. The van der Waals surface area contributed by atoms with Crippen LogP contribution in [-0.2, 0) is 0 Å². The molecule has 2 aromatic rings. The monoisotopic (exact) mass is 370 g/mol. The number of fused-ring (bicyclic) bond motifs is 1. The zero-order valence-electron chi connectivity index (χ0n) is 15.9. The van der Waals surface area contributed by atoms with Gasteiger partial charge in [0, 0.05) is 43.7 Å². The highest BCUT2D eigenvalue weighted by Gasteiger charge is 2.38. The summed E-state index contributed by atoms with van der Waals surface area (Å²) in [5.74, 6) is 1.13. The number of amides is 1. The predicted octanol–water partition coefficient (Wildman–Crippen LogP) is 4.28. The van der Waals surface area contributed by atoms with E-state index in [9.17, 15) is 4.79 Å². The fraction of sp³-hybridized carbons (Fsp3) is 0.476. The minimum absolute atomic E-state index is 0.0424. The molecule has 1 saturated heterocycles. The second-order valence-corrected chi connectivity index (χ2v) is 7.21. The first kappa shape index (κ1) is 17.8. The van der Waals surface area contributed by atoms with Gasteiger partial charge < -0.3 is 24.1 Å². The van der Waals surface area contributed by atoms with Crippen LogP contribution in [0.5, 0.6) is 11.5 Å². The number of nitrogens with one attached hydrogen (secondary N) is 1. The van der Waals surface area contributed by atoms with Gasteiger partial charge in [0.15, 0.2) is 11.5 Å². The smallest absolute Gasteiger partial charge is 0.257 e. The number of carbonyl (C=O) groups excluding carboxylic acids is 1. The zero-order chi connectivity index (χ0) is 18.9. The van der Waals surface area contributed by atoms with Crippen molar-refractivity contribution in [3.63, 3.8) is 0 Å². The van der Waals surface area contributed by atoms with Crippen LogP contribution in [0, 0.1) is 0 Å². The molecule has 6 heteroatoms. The molecule has 1 amide bonds. The molecule has 0 atom stereocenters. The van der Waals surface area contributed by atoms with Crippen molar-refractivity contribution in [1.82, 2.24) is 4.90 Å². The zero-order valence-corrected chi connectivity index (χ0v) is 15.9. The largest absolute Gasteiger partial charge is 0.472 e. The Hall–Kier alpha value is -2.63. The van der Waals surface area contributed by atoms with Crippen LogP contribution in [-0.4, -0.2) is 35.7 Å². The van der Waals surface area contributed by atoms with Gasteiger partial charge in [-0.1, -0.05) is 13.8 Å². The Balaban J connectivity index is 1.35. The second-order valence-electron chi connectivity index (χ2n) is 7.21. The normalized spacial score (nSPS) is 18.5. The Bertz CT molecular complexity index is 791. The van der Waals surface area contributed by atoms with Crippen LogP contribution >= 0.6 is 0 Å². The third-order valence-electron chi connectivity index (χ3n) is 5.53. The molecule has 1 N–H and O–H groups in total. The molecule has 4 rings (SSSR count). The van der Waals surface area contributed by atoms with Crippen LogP contribution in [0.3, 0.4) is 0 Å². The molecular weight excluding hydrogens is 344 g/mol. The molecule has 3 heterocycles. The van der Waals surface area contributed by atoms with E-state index >= 15 is 0 Å². The van der Waals surface area contributed by atoms with Gasteiger partial charge in [-0.3, -0.25) is 4.79 Å². The fourth-order valence-electron chi connectivity index (χ4n) is 3.75. The van der Waals surface area contributed by atoms with Gasteiger partial charge >= 0.3 is 0 Å². The van der Waals surface area contributed by atoms with Crippen molar-refractivity contribution in [3.8, 4) is 11.5 Å². The van der Waals surface area contributed by atoms with E-state index in [1.54, 1.807) is 6.07 Å². The van der Waals surface area contributed by atoms with E-state index in [0.29, 0.717) is 11.6 Å². The van der Waals surface area contributed by atoms with E-state index in [0.717, 1.165) is 56.0 Å². The Kier molecular flexibility index (Phi) is 4.72. The van der Waals surface area contributed by atoms with Crippen molar-refractivity contribution in [3.05, 3.63) is 42.4 Å². The maximum absolute atomic E-state index is 12.4. The van der Waals surface area contributed by atoms with E-state index in [4.69, 9.17) is 13.9 Å². The number of nitrogens with zero attached hydrogens (tertiary/aromatic N) is 1. The SMILES string of the molecule is CCC1(CC)Oc2ccc(NC3CCN(C(=O)c4ccoc4)CC3)cc2O1. The third-order valence-corrected chi connectivity index (χ3v) is 5.53. The third kappa shape index (κ3) is 3.48. The Morgan fingerprint density at radius 3 is 2.56 bits per heavy atom. The molecule has 0 saturated carbocycles. The van der Waals surface area contributed by atoms with Crippen LogP contribution in [0.1, 0.15) is 49.9 Å². The standard InChI is InChI=1S/C21H26N2O4/c1-3-21(4-2)26-18-6-5-17(13-19(18)27-21)22-16-7-10-23(11-8-16)20(24)15-9-12-25-14-15/h5-6,9,12-14,16,22H,3-4,7-8,10-11H2,1-2H3. The lowest BCUT2D eigenvalue weighted by Crippen LogP contribution is -2.42. The average Bonchev–Trinajstić information content (AvgIpc) is 3.36. The maximum atomic E-state index is 12.4. The first-order valence-electron chi connectivity index (χ1n) is 9.72. The van der Waals surface area contributed by atoms with E-state index < -0.39 is 5.79 Å². The molecule has 2 aliphatic rings. The lowest BCUT2D eigenvalue weighted by atomic mass is 10.0. The summed E-state index contributed by atoms with van der Waals surface area (Å²) < 4.78 is 17.1. The van der Waals surface area contributed by atoms with Crippen molar-refractivity contribution < 1.29 is 18.7 Å². The number of hydrogen-bond acceptors (Lipinski definition) is 5. The minimum atomic E-state index is -0.528. The lowest BCUT2D eigenvalue weighted by molar-refractivity contribution is -0.0843. The number of furan rings is 1. The van der Waals surface area contributed by atoms with Crippen LogP contribution in [0.4, 0.5) is 5.69 Å². The van der Waals surface area contributed by atoms with Gasteiger partial charge in [0.25, 0.3) is 11.7 Å². The van der Waals surface area contributed by atoms with Crippen LogP contribution < -0.4 is 14.8 Å². The molecule has 1 fully saturated rings. The molecule has 2 aliphatic heterocycles. The molecule has 144 valence electrons. The van der Waals surface area contributed by atoms with Gasteiger partial charge in [-0.2, -0.15) is 0 Å². The first-order chi connectivity index (χ1) is 13.1. The molecule has 0 bridgehead atoms. The number of ether oxygens (including phenoxy) is 2. The van der Waals surface area contributed by atoms with Crippen molar-refractivity contribution >= 4 is 11.6 Å². The summed E-state index contributed by atoms with van der Waals surface area (Å²) in [6, 6.07) is 8.08. The summed E-state index contributed by atoms with van der Waals surface area (Å²) in [4.78, 5) is 14.3. The summed E-state index contributed by atoms with van der Waals surface area (Å²) in [7, 11) is 0. The summed E-state index contributed by atoms with van der Waals surface area (Å²) in [6.45, 7) is 5.63. The van der Waals surface area contributed by atoms with Crippen molar-refractivity contribution in [1.29, 1.82) is 0 Å². The van der Waals surface area contributed by atoms with Gasteiger partial charge in [0.05, 0.1) is 11.8 Å². The lowest BCUT2D eigenvalue weighted by Gasteiger charge is -2.32. The predicted molar refractivity (Wildman–Crippen MR) is 102 cm³/mol. The van der Waals surface area contributed by atoms with E-state index in [-0.39, 0.29) is 5.91 Å². The van der Waals surface area contributed by atoms with Crippen LogP contribution in [0.2, 0.25) is 0 Å². The summed E-state index contributed by atoms with van der Waals surface area (Å²) >= 11 is 0. The molecule has 27 heavy (non-hydrogen) atoms. The number of likely N-dealkylation sites (tertiary alicyclic amines) is 1. The highest BCUT2D eigenvalue weighted by molar-refractivity contribution is 5.93. The fourth-order valence-corrected chi connectivity index (χ4v) is 3.75. The van der Waals surface area contributed by atoms with E-state index in [2.05, 4.69) is 19.2 Å². The highest BCUT2D eigenvalue weighted by Crippen LogP contribution is 2.43. The average molecular weight is 370 g/mol. The number of carbonyl (C=O) groups is 1. The van der Waals surface area contributed by atoms with Crippen LogP contribution in [0.25, 0.3) is 0 Å². The number of benzene rings is 1. The van der Waals surface area contributed by atoms with Gasteiger partial charge in [-0.05, 0) is 31.0 Å². The minimum Gasteiger partial charge on any atom is -0.472 e. The van der Waals surface area contributed by atoms with Crippen molar-refractivity contribution in [2.75, 3.05) is 18.4 Å². The van der Waals surface area contributed by atoms with Crippen molar-refractivity contribution in [2.24, 2.45) is 0 Å². The summed E-state index contributed by atoms with van der Waals surface area (Å²) in [5.41, 5.74) is 1.65. The Morgan fingerprint density at radius 2 is 1.89 bits per heavy atom. The van der Waals surface area contributed by atoms with Gasteiger partial charge in [-0.25, -0.2) is 0 Å². The molecule has 6 nitrogen and oxygen atoms in total. The second kappa shape index (κ2) is 7.18. The molecule has 0 unspecified atom stereocenters. The summed E-state index contributed by atoms with van der Waals surface area (Å²) in [5, 5.41) is 3.58. The van der Waals surface area contributed by atoms with Crippen LogP contribution in [0.15, 0.2) is 41.2 Å².